The van der Waals surface area contributed by atoms with Gasteiger partial charge in [-0.05, 0) is 48.2 Å². The predicted octanol–water partition coefficient (Wildman–Crippen LogP) is 5.45. The Bertz CT molecular complexity index is 1110. The van der Waals surface area contributed by atoms with Crippen LogP contribution < -0.4 is 0 Å². The zero-order valence-corrected chi connectivity index (χ0v) is 16.2. The number of nitrogens with zero attached hydrogens (tertiary/aromatic N) is 2. The number of aromatic nitrogens is 2. The van der Waals surface area contributed by atoms with Gasteiger partial charge in [0.05, 0.1) is 11.0 Å². The summed E-state index contributed by atoms with van der Waals surface area (Å²) in [5.41, 5.74) is 6.40. The first kappa shape index (κ1) is 18.2. The van der Waals surface area contributed by atoms with E-state index in [0.717, 1.165) is 22.2 Å². The number of aliphatic hydroxyl groups excluding tert-OH is 1. The summed E-state index contributed by atoms with van der Waals surface area (Å²) in [7, 11) is 0. The molecule has 0 aliphatic carbocycles. The Balaban J connectivity index is 1.77. The normalized spacial score (nSPS) is 12.7. The monoisotopic (exact) mass is 368 g/mol. The van der Waals surface area contributed by atoms with Gasteiger partial charge in [-0.1, -0.05) is 72.8 Å². The highest BCUT2D eigenvalue weighted by atomic mass is 16.3. The summed E-state index contributed by atoms with van der Waals surface area (Å²) in [5.74, 6) is 0.670. The second-order valence-electron chi connectivity index (χ2n) is 7.13. The minimum atomic E-state index is -0.765. The molecular formula is C25H24N2O. The average Bonchev–Trinajstić information content (AvgIpc) is 3.06. The third-order valence-corrected chi connectivity index (χ3v) is 5.15. The van der Waals surface area contributed by atoms with Crippen LogP contribution in [0.15, 0.2) is 78.9 Å². The van der Waals surface area contributed by atoms with Crippen LogP contribution in [0.2, 0.25) is 0 Å². The summed E-state index contributed by atoms with van der Waals surface area (Å²) in [6, 6.07) is 24.2. The van der Waals surface area contributed by atoms with Crippen LogP contribution in [0.3, 0.4) is 0 Å². The van der Waals surface area contributed by atoms with E-state index in [1.165, 1.54) is 11.1 Å². The fourth-order valence-corrected chi connectivity index (χ4v) is 3.44. The lowest BCUT2D eigenvalue weighted by atomic mass is 10.1. The van der Waals surface area contributed by atoms with E-state index in [1.54, 1.807) is 0 Å². The van der Waals surface area contributed by atoms with Gasteiger partial charge in [0.15, 0.2) is 0 Å². The third kappa shape index (κ3) is 3.62. The van der Waals surface area contributed by atoms with E-state index >= 15 is 0 Å². The lowest BCUT2D eigenvalue weighted by molar-refractivity contribution is 0.206. The molecule has 28 heavy (non-hydrogen) atoms. The van der Waals surface area contributed by atoms with Gasteiger partial charge in [-0.2, -0.15) is 0 Å². The van der Waals surface area contributed by atoms with E-state index in [-0.39, 0.29) is 0 Å². The molecule has 0 aliphatic rings. The summed E-state index contributed by atoms with van der Waals surface area (Å²) in [6.45, 7) is 4.85. The third-order valence-electron chi connectivity index (χ3n) is 5.15. The van der Waals surface area contributed by atoms with E-state index in [4.69, 9.17) is 4.98 Å². The van der Waals surface area contributed by atoms with Gasteiger partial charge < -0.3 is 9.67 Å². The van der Waals surface area contributed by atoms with E-state index in [2.05, 4.69) is 54.8 Å². The first-order valence-corrected chi connectivity index (χ1v) is 9.55. The molecule has 4 rings (SSSR count). The van der Waals surface area contributed by atoms with Crippen molar-refractivity contribution < 1.29 is 5.11 Å². The number of hydrogen-bond acceptors (Lipinski definition) is 2. The van der Waals surface area contributed by atoms with Crippen LogP contribution in [0.25, 0.3) is 17.1 Å². The van der Waals surface area contributed by atoms with Gasteiger partial charge in [0.25, 0.3) is 0 Å². The maximum atomic E-state index is 11.0. The summed E-state index contributed by atoms with van der Waals surface area (Å²) >= 11 is 0. The van der Waals surface area contributed by atoms with E-state index in [0.29, 0.717) is 12.4 Å². The smallest absolute Gasteiger partial charge is 0.143 e. The van der Waals surface area contributed by atoms with Crippen molar-refractivity contribution in [1.82, 2.24) is 9.55 Å². The van der Waals surface area contributed by atoms with Gasteiger partial charge in [0.2, 0.25) is 0 Å². The molecule has 1 N–H and O–H groups in total. The average molecular weight is 368 g/mol. The molecule has 1 atom stereocenters. The van der Waals surface area contributed by atoms with Crippen molar-refractivity contribution in [3.05, 3.63) is 107 Å². The van der Waals surface area contributed by atoms with Gasteiger partial charge in [-0.3, -0.25) is 0 Å². The van der Waals surface area contributed by atoms with E-state index < -0.39 is 6.10 Å². The van der Waals surface area contributed by atoms with Crippen molar-refractivity contribution in [3.63, 3.8) is 0 Å². The van der Waals surface area contributed by atoms with E-state index in [1.807, 2.05) is 48.5 Å². The van der Waals surface area contributed by atoms with Crippen molar-refractivity contribution in [2.45, 2.75) is 26.5 Å². The second-order valence-corrected chi connectivity index (χ2v) is 7.13. The maximum absolute atomic E-state index is 11.0. The van der Waals surface area contributed by atoms with E-state index in [9.17, 15) is 5.11 Å². The zero-order valence-electron chi connectivity index (χ0n) is 16.2. The standard InChI is InChI=1S/C25H24N2O/c1-18-16-22-23(17-19(18)2)27(15-9-12-20-10-5-3-6-11-20)25(26-22)24(28)21-13-7-4-8-14-21/h3-14,16-17,24,28H,15H2,1-2H3/b12-9+. The molecule has 0 aliphatic heterocycles. The van der Waals surface area contributed by atoms with Crippen LogP contribution in [0.5, 0.6) is 0 Å². The molecule has 0 radical (unpaired) electrons. The molecule has 3 nitrogen and oxygen atoms in total. The molecule has 140 valence electrons. The van der Waals surface area contributed by atoms with Gasteiger partial charge in [-0.25, -0.2) is 4.98 Å². The molecule has 3 heteroatoms. The van der Waals surface area contributed by atoms with Crippen LogP contribution in [0.1, 0.15) is 34.2 Å². The minimum absolute atomic E-state index is 0.646. The Hall–Kier alpha value is -3.17. The molecule has 0 spiro atoms. The summed E-state index contributed by atoms with van der Waals surface area (Å²) < 4.78 is 2.11. The molecule has 0 bridgehead atoms. The SMILES string of the molecule is Cc1cc2nc(C(O)c3ccccc3)n(C/C=C/c3ccccc3)c2cc1C. The van der Waals surface area contributed by atoms with Gasteiger partial charge >= 0.3 is 0 Å². The lowest BCUT2D eigenvalue weighted by Gasteiger charge is -2.13. The van der Waals surface area contributed by atoms with Crippen LogP contribution in [0.4, 0.5) is 0 Å². The molecule has 0 amide bonds. The Kier molecular flexibility index (Phi) is 5.09. The number of rotatable bonds is 5. The maximum Gasteiger partial charge on any atom is 0.143 e. The van der Waals surface area contributed by atoms with Crippen molar-refractivity contribution in [1.29, 1.82) is 0 Å². The molecule has 0 saturated heterocycles. The van der Waals surface area contributed by atoms with Crippen molar-refractivity contribution in [2.75, 3.05) is 0 Å². The highest BCUT2D eigenvalue weighted by Gasteiger charge is 2.19. The Morgan fingerprint density at radius 1 is 0.929 bits per heavy atom. The van der Waals surface area contributed by atoms with Crippen molar-refractivity contribution in [2.24, 2.45) is 0 Å². The zero-order chi connectivity index (χ0) is 19.5. The fourth-order valence-electron chi connectivity index (χ4n) is 3.44. The highest BCUT2D eigenvalue weighted by molar-refractivity contribution is 5.78. The first-order chi connectivity index (χ1) is 13.6. The molecule has 0 saturated carbocycles. The number of aryl methyl sites for hydroxylation is 2. The van der Waals surface area contributed by atoms with Crippen LogP contribution in [-0.2, 0) is 6.54 Å². The summed E-state index contributed by atoms with van der Waals surface area (Å²) in [5, 5.41) is 11.0. The number of benzene rings is 3. The topological polar surface area (TPSA) is 38.1 Å². The Morgan fingerprint density at radius 2 is 1.57 bits per heavy atom. The number of allylic oxidation sites excluding steroid dienone is 1. The number of imidazole rings is 1. The quantitative estimate of drug-likeness (QED) is 0.509. The summed E-state index contributed by atoms with van der Waals surface area (Å²) in [6.07, 6.45) is 3.46. The van der Waals surface area contributed by atoms with Gasteiger partial charge in [0, 0.05) is 6.54 Å². The van der Waals surface area contributed by atoms with Crippen LogP contribution in [-0.4, -0.2) is 14.7 Å². The van der Waals surface area contributed by atoms with Crippen molar-refractivity contribution in [3.8, 4) is 0 Å². The van der Waals surface area contributed by atoms with Gasteiger partial charge in [-0.15, -0.1) is 0 Å². The molecule has 1 heterocycles. The highest BCUT2D eigenvalue weighted by Crippen LogP contribution is 2.27. The Morgan fingerprint density at radius 3 is 2.29 bits per heavy atom. The predicted molar refractivity (Wildman–Crippen MR) is 115 cm³/mol. The lowest BCUT2D eigenvalue weighted by Crippen LogP contribution is -2.09. The summed E-state index contributed by atoms with van der Waals surface area (Å²) in [4.78, 5) is 4.80. The largest absolute Gasteiger partial charge is 0.380 e. The molecule has 1 aromatic heterocycles. The van der Waals surface area contributed by atoms with Gasteiger partial charge in [0.1, 0.15) is 11.9 Å². The molecule has 3 aromatic carbocycles. The number of fused-ring (bicyclic) bond motifs is 1. The molecule has 4 aromatic rings. The van der Waals surface area contributed by atoms with Crippen molar-refractivity contribution >= 4 is 17.1 Å². The Labute approximate surface area is 165 Å². The second kappa shape index (κ2) is 7.83. The number of aliphatic hydroxyl groups is 1. The van der Waals surface area contributed by atoms with Crippen LogP contribution in [0, 0.1) is 13.8 Å². The molecule has 1 unspecified atom stereocenters. The molecular weight excluding hydrogens is 344 g/mol. The van der Waals surface area contributed by atoms with Crippen LogP contribution >= 0.6 is 0 Å². The fraction of sp³-hybridized carbons (Fsp3) is 0.160. The molecule has 0 fully saturated rings. The number of hydrogen-bond donors (Lipinski definition) is 1. The first-order valence-electron chi connectivity index (χ1n) is 9.55. The minimum Gasteiger partial charge on any atom is -0.380 e.